The largest absolute Gasteiger partial charge is 0.493 e. The second kappa shape index (κ2) is 6.94. The Morgan fingerprint density at radius 3 is 1.90 bits per heavy atom. The van der Waals surface area contributed by atoms with Gasteiger partial charge in [0, 0.05) is 24.5 Å². The number of ether oxygens (including phenoxy) is 2. The van der Waals surface area contributed by atoms with Crippen LogP contribution < -0.4 is 9.47 Å². The molecule has 0 N–H and O–H groups in total. The molecule has 0 spiro atoms. The first-order chi connectivity index (χ1) is 9.96. The molecular weight excluding hydrogens is 468 g/mol. The average Bonchev–Trinajstić information content (AvgIpc) is 2.45. The summed E-state index contributed by atoms with van der Waals surface area (Å²) in [5.74, 6) is 0.972. The molecule has 0 aliphatic carbocycles. The van der Waals surface area contributed by atoms with E-state index >= 15 is 0 Å². The van der Waals surface area contributed by atoms with Crippen LogP contribution in [-0.2, 0) is 0 Å². The van der Waals surface area contributed by atoms with Crippen molar-refractivity contribution in [2.75, 3.05) is 14.2 Å². The molecule has 2 aromatic carbocycles. The molecule has 0 radical (unpaired) electrons. The molecule has 6 heteroatoms. The van der Waals surface area contributed by atoms with Gasteiger partial charge in [0.15, 0.2) is 17.3 Å². The summed E-state index contributed by atoms with van der Waals surface area (Å²) in [6.45, 7) is 0. The normalized spacial score (nSPS) is 10.3. The van der Waals surface area contributed by atoms with Gasteiger partial charge in [-0.3, -0.25) is 4.79 Å². The quantitative estimate of drug-likeness (QED) is 0.565. The number of benzene rings is 2. The van der Waals surface area contributed by atoms with E-state index in [0.29, 0.717) is 27.1 Å². The minimum absolute atomic E-state index is 0.107. The van der Waals surface area contributed by atoms with Crippen molar-refractivity contribution in [1.82, 2.24) is 0 Å². The first-order valence-corrected chi connectivity index (χ1v) is 8.26. The minimum Gasteiger partial charge on any atom is -0.493 e. The van der Waals surface area contributed by atoms with Crippen LogP contribution in [0.25, 0.3) is 0 Å². The maximum Gasteiger partial charge on any atom is 0.194 e. The van der Waals surface area contributed by atoms with E-state index in [4.69, 9.17) is 9.47 Å². The van der Waals surface area contributed by atoms with Gasteiger partial charge in [-0.25, -0.2) is 0 Å². The van der Waals surface area contributed by atoms with Crippen molar-refractivity contribution < 1.29 is 14.3 Å². The van der Waals surface area contributed by atoms with Gasteiger partial charge < -0.3 is 9.47 Å². The van der Waals surface area contributed by atoms with Crippen LogP contribution in [-0.4, -0.2) is 20.0 Å². The summed E-state index contributed by atoms with van der Waals surface area (Å²) in [5, 5.41) is 0. The van der Waals surface area contributed by atoms with Crippen LogP contribution in [0.15, 0.2) is 43.7 Å². The zero-order valence-corrected chi connectivity index (χ0v) is 16.0. The molecule has 0 atom stereocenters. The van der Waals surface area contributed by atoms with E-state index in [-0.39, 0.29) is 5.78 Å². The predicted molar refractivity (Wildman–Crippen MR) is 92.5 cm³/mol. The van der Waals surface area contributed by atoms with Gasteiger partial charge in [0.05, 0.1) is 14.2 Å². The lowest BCUT2D eigenvalue weighted by Crippen LogP contribution is -2.04. The standard InChI is InChI=1S/C15H11Br3O3/c1-20-13-6-11(12(18)7-14(13)21-2)15(19)8-3-9(16)5-10(17)4-8/h3-7H,1-2H3. The van der Waals surface area contributed by atoms with Crippen LogP contribution in [0.5, 0.6) is 11.5 Å². The first kappa shape index (κ1) is 16.5. The van der Waals surface area contributed by atoms with E-state index < -0.39 is 0 Å². The summed E-state index contributed by atoms with van der Waals surface area (Å²) in [4.78, 5) is 12.7. The number of ketones is 1. The summed E-state index contributed by atoms with van der Waals surface area (Å²) in [7, 11) is 3.09. The molecule has 0 saturated heterocycles. The number of carbonyl (C=O) groups is 1. The molecular formula is C15H11Br3O3. The van der Waals surface area contributed by atoms with Crippen LogP contribution in [0.3, 0.4) is 0 Å². The van der Waals surface area contributed by atoms with Crippen molar-refractivity contribution in [3.05, 3.63) is 54.9 Å². The lowest BCUT2D eigenvalue weighted by Gasteiger charge is -2.11. The number of methoxy groups -OCH3 is 2. The summed E-state index contributed by atoms with van der Waals surface area (Å²) >= 11 is 10.2. The van der Waals surface area contributed by atoms with Gasteiger partial charge in [0.25, 0.3) is 0 Å². The van der Waals surface area contributed by atoms with Gasteiger partial charge in [0.2, 0.25) is 0 Å². The third-order valence-electron chi connectivity index (χ3n) is 2.84. The van der Waals surface area contributed by atoms with Crippen LogP contribution in [0.4, 0.5) is 0 Å². The van der Waals surface area contributed by atoms with E-state index in [1.54, 1.807) is 31.4 Å². The molecule has 0 bridgehead atoms. The van der Waals surface area contributed by atoms with E-state index in [2.05, 4.69) is 47.8 Å². The first-order valence-electron chi connectivity index (χ1n) is 5.88. The Morgan fingerprint density at radius 1 is 0.857 bits per heavy atom. The van der Waals surface area contributed by atoms with Gasteiger partial charge in [0.1, 0.15) is 0 Å². The van der Waals surface area contributed by atoms with Gasteiger partial charge in [-0.2, -0.15) is 0 Å². The number of hydrogen-bond donors (Lipinski definition) is 0. The van der Waals surface area contributed by atoms with Crippen molar-refractivity contribution in [2.45, 2.75) is 0 Å². The highest BCUT2D eigenvalue weighted by Crippen LogP contribution is 2.34. The Hall–Kier alpha value is -0.850. The molecule has 0 unspecified atom stereocenters. The lowest BCUT2D eigenvalue weighted by molar-refractivity contribution is 0.103. The molecule has 0 aliphatic heterocycles. The summed E-state index contributed by atoms with van der Waals surface area (Å²) in [6, 6.07) is 8.81. The summed E-state index contributed by atoms with van der Waals surface area (Å²) < 4.78 is 12.8. The molecule has 110 valence electrons. The highest BCUT2D eigenvalue weighted by Gasteiger charge is 2.17. The molecule has 2 aromatic rings. The zero-order chi connectivity index (χ0) is 15.6. The second-order valence-corrected chi connectivity index (χ2v) is 6.86. The lowest BCUT2D eigenvalue weighted by atomic mass is 10.0. The Bertz CT molecular complexity index is 679. The molecule has 0 aromatic heterocycles. The third-order valence-corrected chi connectivity index (χ3v) is 4.41. The van der Waals surface area contributed by atoms with E-state index in [9.17, 15) is 4.79 Å². The van der Waals surface area contributed by atoms with Gasteiger partial charge in [-0.1, -0.05) is 31.9 Å². The average molecular weight is 479 g/mol. The molecule has 0 amide bonds. The van der Waals surface area contributed by atoms with Crippen LogP contribution in [0, 0.1) is 0 Å². The number of carbonyl (C=O) groups excluding carboxylic acids is 1. The highest BCUT2D eigenvalue weighted by atomic mass is 79.9. The Kier molecular flexibility index (Phi) is 5.46. The zero-order valence-electron chi connectivity index (χ0n) is 11.2. The van der Waals surface area contributed by atoms with E-state index in [1.165, 1.54) is 7.11 Å². The van der Waals surface area contributed by atoms with Crippen molar-refractivity contribution in [3.63, 3.8) is 0 Å². The monoisotopic (exact) mass is 476 g/mol. The maximum absolute atomic E-state index is 12.7. The Morgan fingerprint density at radius 2 is 1.38 bits per heavy atom. The predicted octanol–water partition coefficient (Wildman–Crippen LogP) is 5.22. The van der Waals surface area contributed by atoms with Crippen LogP contribution in [0.2, 0.25) is 0 Å². The molecule has 0 aliphatic rings. The van der Waals surface area contributed by atoms with Crippen LogP contribution >= 0.6 is 47.8 Å². The fourth-order valence-electron chi connectivity index (χ4n) is 1.87. The summed E-state index contributed by atoms with van der Waals surface area (Å²) in [5.41, 5.74) is 1.09. The number of hydrogen-bond acceptors (Lipinski definition) is 3. The van der Waals surface area contributed by atoms with Crippen molar-refractivity contribution in [2.24, 2.45) is 0 Å². The molecule has 3 nitrogen and oxygen atoms in total. The Balaban J connectivity index is 2.52. The van der Waals surface area contributed by atoms with Gasteiger partial charge >= 0.3 is 0 Å². The summed E-state index contributed by atoms with van der Waals surface area (Å²) in [6.07, 6.45) is 0. The Labute approximate surface area is 148 Å². The molecule has 0 saturated carbocycles. The van der Waals surface area contributed by atoms with Crippen molar-refractivity contribution in [3.8, 4) is 11.5 Å². The fraction of sp³-hybridized carbons (Fsp3) is 0.133. The van der Waals surface area contributed by atoms with Crippen LogP contribution in [0.1, 0.15) is 15.9 Å². The number of halogens is 3. The SMILES string of the molecule is COc1cc(Br)c(C(=O)c2cc(Br)cc(Br)c2)cc1OC. The van der Waals surface area contributed by atoms with Gasteiger partial charge in [-0.15, -0.1) is 0 Å². The smallest absolute Gasteiger partial charge is 0.194 e. The molecule has 21 heavy (non-hydrogen) atoms. The van der Waals surface area contributed by atoms with Crippen molar-refractivity contribution >= 4 is 53.6 Å². The van der Waals surface area contributed by atoms with E-state index in [1.807, 2.05) is 6.07 Å². The minimum atomic E-state index is -0.107. The second-order valence-electron chi connectivity index (χ2n) is 4.17. The highest BCUT2D eigenvalue weighted by molar-refractivity contribution is 9.11. The molecule has 0 heterocycles. The molecule has 0 fully saturated rings. The maximum atomic E-state index is 12.7. The third kappa shape index (κ3) is 3.67. The fourth-order valence-corrected chi connectivity index (χ4v) is 3.66. The topological polar surface area (TPSA) is 35.5 Å². The van der Waals surface area contributed by atoms with Crippen molar-refractivity contribution in [1.29, 1.82) is 0 Å². The number of rotatable bonds is 4. The van der Waals surface area contributed by atoms with E-state index in [0.717, 1.165) is 8.95 Å². The molecule has 2 rings (SSSR count). The van der Waals surface area contributed by atoms with Gasteiger partial charge in [-0.05, 0) is 46.3 Å².